The average Bonchev–Trinajstić information content (AvgIpc) is 2.95. The van der Waals surface area contributed by atoms with Crippen LogP contribution in [0.3, 0.4) is 0 Å². The maximum Gasteiger partial charge on any atom is 0.281 e. The van der Waals surface area contributed by atoms with Gasteiger partial charge in [0, 0.05) is 13.1 Å². The van der Waals surface area contributed by atoms with E-state index in [1.54, 1.807) is 13.3 Å². The number of carbonyl (C=O) groups excluding carboxylic acids is 1. The summed E-state index contributed by atoms with van der Waals surface area (Å²) in [4.78, 5) is 36.1. The summed E-state index contributed by atoms with van der Waals surface area (Å²) in [6, 6.07) is 16.7. The van der Waals surface area contributed by atoms with Crippen molar-refractivity contribution in [2.75, 3.05) is 17.7 Å². The van der Waals surface area contributed by atoms with E-state index in [1.165, 1.54) is 11.5 Å². The first-order valence-corrected chi connectivity index (χ1v) is 16.5. The van der Waals surface area contributed by atoms with Crippen molar-refractivity contribution in [1.82, 2.24) is 14.5 Å². The second-order valence-corrected chi connectivity index (χ2v) is 16.9. The van der Waals surface area contributed by atoms with E-state index in [4.69, 9.17) is 9.72 Å². The van der Waals surface area contributed by atoms with Gasteiger partial charge in [-0.1, -0.05) is 77.8 Å². The molecule has 0 saturated heterocycles. The molecule has 0 spiro atoms. The number of nitrogens with zero attached hydrogens (tertiary/aromatic N) is 3. The van der Waals surface area contributed by atoms with E-state index in [2.05, 4.69) is 68.6 Å². The summed E-state index contributed by atoms with van der Waals surface area (Å²) in [6.07, 6.45) is 1.66. The third kappa shape index (κ3) is 5.81. The maximum atomic E-state index is 14.2. The van der Waals surface area contributed by atoms with Crippen LogP contribution in [-0.2, 0) is 4.79 Å². The summed E-state index contributed by atoms with van der Waals surface area (Å²) in [5.41, 5.74) is 6.68. The van der Waals surface area contributed by atoms with Gasteiger partial charge in [-0.15, -0.1) is 5.54 Å². The molecule has 2 aromatic heterocycles. The van der Waals surface area contributed by atoms with Crippen molar-refractivity contribution < 1.29 is 9.53 Å². The van der Waals surface area contributed by atoms with Crippen molar-refractivity contribution in [2.45, 2.75) is 65.1 Å². The van der Waals surface area contributed by atoms with E-state index in [-0.39, 0.29) is 17.5 Å². The van der Waals surface area contributed by atoms with Gasteiger partial charge in [-0.25, -0.2) is 4.98 Å². The van der Waals surface area contributed by atoms with Gasteiger partial charge in [-0.2, -0.15) is 4.98 Å². The van der Waals surface area contributed by atoms with Crippen LogP contribution >= 0.6 is 0 Å². The van der Waals surface area contributed by atoms with E-state index in [9.17, 15) is 9.59 Å². The van der Waals surface area contributed by atoms with Crippen molar-refractivity contribution in [3.05, 3.63) is 76.7 Å². The Morgan fingerprint density at radius 3 is 2.17 bits per heavy atom. The number of ether oxygens (including phenoxy) is 1. The first-order chi connectivity index (χ1) is 20.0. The van der Waals surface area contributed by atoms with Crippen molar-refractivity contribution >= 4 is 42.3 Å². The smallest absolute Gasteiger partial charge is 0.281 e. The van der Waals surface area contributed by atoms with Crippen molar-refractivity contribution in [3.8, 4) is 22.9 Å². The quantitative estimate of drug-likeness (QED) is 0.171. The van der Waals surface area contributed by atoms with Gasteiger partial charge < -0.3 is 15.4 Å². The SMILES string of the molecule is COc1ccccc1Nc1ncc2c(C#C[Si](C(C)C)(C(C)C)C(C)C)c(NC(C)=O)c(=O)n(-c3ccccc3)c2n1. The molecule has 2 N–H and O–H groups in total. The minimum absolute atomic E-state index is 0.125. The van der Waals surface area contributed by atoms with Crippen LogP contribution in [0.4, 0.5) is 17.3 Å². The standard InChI is InChI=1S/C33H39N5O3Si/c1-21(2)42(22(3)4,23(5)6)19-18-26-27-20-34-33(36-28-16-12-13-17-29(28)41-8)37-31(27)38(25-14-10-9-11-15-25)32(40)30(26)35-24(7)39/h9-17,20-23H,1-8H3,(H,35,39)(H,34,36,37). The lowest BCUT2D eigenvalue weighted by molar-refractivity contribution is -0.114. The summed E-state index contributed by atoms with van der Waals surface area (Å²) in [6.45, 7) is 14.8. The van der Waals surface area contributed by atoms with Gasteiger partial charge >= 0.3 is 0 Å². The molecule has 0 saturated carbocycles. The summed E-state index contributed by atoms with van der Waals surface area (Å²) < 4.78 is 6.98. The Morgan fingerprint density at radius 1 is 0.952 bits per heavy atom. The number of amides is 1. The maximum absolute atomic E-state index is 14.2. The number of benzene rings is 2. The molecule has 4 rings (SSSR count). The zero-order valence-corrected chi connectivity index (χ0v) is 26.6. The number of para-hydroxylation sites is 3. The molecule has 0 bridgehead atoms. The lowest BCUT2D eigenvalue weighted by atomic mass is 10.1. The Hall–Kier alpha value is -4.42. The van der Waals surface area contributed by atoms with Crippen LogP contribution in [0.1, 0.15) is 54.0 Å². The molecule has 2 heterocycles. The summed E-state index contributed by atoms with van der Waals surface area (Å²) >= 11 is 0. The second kappa shape index (κ2) is 12.6. The molecule has 0 aliphatic carbocycles. The van der Waals surface area contributed by atoms with Gasteiger partial charge in [0.2, 0.25) is 11.9 Å². The van der Waals surface area contributed by atoms with Gasteiger partial charge in [-0.3, -0.25) is 14.2 Å². The second-order valence-electron chi connectivity index (χ2n) is 11.3. The van der Waals surface area contributed by atoms with E-state index in [1.807, 2.05) is 54.6 Å². The first kappa shape index (κ1) is 30.5. The molecule has 218 valence electrons. The number of rotatable bonds is 8. The number of hydrogen-bond acceptors (Lipinski definition) is 6. The number of pyridine rings is 1. The van der Waals surface area contributed by atoms with Gasteiger partial charge in [0.1, 0.15) is 19.5 Å². The fraction of sp³-hybridized carbons (Fsp3) is 0.333. The monoisotopic (exact) mass is 581 g/mol. The Bertz CT molecular complexity index is 1700. The lowest BCUT2D eigenvalue weighted by Gasteiger charge is -2.38. The Balaban J connectivity index is 2.09. The topological polar surface area (TPSA) is 98.1 Å². The molecule has 9 heteroatoms. The van der Waals surface area contributed by atoms with Gasteiger partial charge in [0.05, 0.1) is 29.4 Å². The number of aromatic nitrogens is 3. The van der Waals surface area contributed by atoms with Gasteiger partial charge in [-0.05, 0) is 40.9 Å². The van der Waals surface area contributed by atoms with E-state index < -0.39 is 13.6 Å². The highest BCUT2D eigenvalue weighted by Gasteiger charge is 2.41. The van der Waals surface area contributed by atoms with Crippen LogP contribution in [0.5, 0.6) is 5.75 Å². The molecule has 0 fully saturated rings. The van der Waals surface area contributed by atoms with E-state index >= 15 is 0 Å². The fourth-order valence-corrected chi connectivity index (χ4v) is 11.1. The fourth-order valence-electron chi connectivity index (χ4n) is 5.94. The minimum Gasteiger partial charge on any atom is -0.495 e. The highest BCUT2D eigenvalue weighted by Crippen LogP contribution is 2.41. The Kier molecular flexibility index (Phi) is 9.17. The number of fused-ring (bicyclic) bond motifs is 1. The Morgan fingerprint density at radius 2 is 1.57 bits per heavy atom. The lowest BCUT2D eigenvalue weighted by Crippen LogP contribution is -2.43. The number of anilines is 3. The third-order valence-corrected chi connectivity index (χ3v) is 14.1. The molecule has 42 heavy (non-hydrogen) atoms. The summed E-state index contributed by atoms with van der Waals surface area (Å²) in [7, 11) is -0.582. The normalized spacial score (nSPS) is 11.5. The van der Waals surface area contributed by atoms with Crippen LogP contribution in [0.15, 0.2) is 65.6 Å². The number of hydrogen-bond donors (Lipinski definition) is 2. The molecule has 1 amide bonds. The predicted octanol–water partition coefficient (Wildman–Crippen LogP) is 7.06. The number of nitrogens with one attached hydrogen (secondary N) is 2. The van der Waals surface area contributed by atoms with Crippen molar-refractivity contribution in [3.63, 3.8) is 0 Å². The summed E-state index contributed by atoms with van der Waals surface area (Å²) in [5, 5.41) is 6.58. The molecule has 8 nitrogen and oxygen atoms in total. The zero-order valence-electron chi connectivity index (χ0n) is 25.6. The van der Waals surface area contributed by atoms with Crippen LogP contribution in [0, 0.1) is 11.5 Å². The van der Waals surface area contributed by atoms with Crippen LogP contribution in [0.25, 0.3) is 16.7 Å². The summed E-state index contributed by atoms with van der Waals surface area (Å²) in [5.74, 6) is 3.98. The molecule has 0 aliphatic rings. The molecule has 0 aliphatic heterocycles. The molecule has 0 atom stereocenters. The van der Waals surface area contributed by atoms with E-state index in [0.717, 1.165) is 0 Å². The molecule has 4 aromatic rings. The van der Waals surface area contributed by atoms with Crippen LogP contribution in [-0.4, -0.2) is 35.6 Å². The first-order valence-electron chi connectivity index (χ1n) is 14.2. The van der Waals surface area contributed by atoms with Gasteiger partial charge in [0.15, 0.2) is 5.65 Å². The van der Waals surface area contributed by atoms with Crippen molar-refractivity contribution in [1.29, 1.82) is 0 Å². The third-order valence-electron chi connectivity index (χ3n) is 7.86. The molecule has 0 radical (unpaired) electrons. The predicted molar refractivity (Wildman–Crippen MR) is 174 cm³/mol. The largest absolute Gasteiger partial charge is 0.495 e. The van der Waals surface area contributed by atoms with Crippen LogP contribution in [0.2, 0.25) is 16.6 Å². The van der Waals surface area contributed by atoms with Crippen LogP contribution < -0.4 is 20.9 Å². The number of carbonyl (C=O) groups is 1. The zero-order chi connectivity index (χ0) is 30.6. The van der Waals surface area contributed by atoms with Crippen molar-refractivity contribution in [2.24, 2.45) is 0 Å². The molecular weight excluding hydrogens is 542 g/mol. The van der Waals surface area contributed by atoms with Gasteiger partial charge in [0.25, 0.3) is 5.56 Å². The molecular formula is C33H39N5O3Si. The molecule has 0 unspecified atom stereocenters. The average molecular weight is 582 g/mol. The number of methoxy groups -OCH3 is 1. The Labute approximate surface area is 248 Å². The van der Waals surface area contributed by atoms with E-state index in [0.29, 0.717) is 50.3 Å². The highest BCUT2D eigenvalue weighted by molar-refractivity contribution is 6.90. The molecule has 2 aromatic carbocycles. The minimum atomic E-state index is -2.18. The highest BCUT2D eigenvalue weighted by atomic mass is 28.3.